The Hall–Kier alpha value is -0.470. The van der Waals surface area contributed by atoms with Gasteiger partial charge in [-0.1, -0.05) is 51.1 Å². The van der Waals surface area contributed by atoms with Crippen LogP contribution in [0, 0.1) is 0 Å². The van der Waals surface area contributed by atoms with E-state index in [9.17, 15) is 5.11 Å². The molecule has 1 rings (SSSR count). The van der Waals surface area contributed by atoms with Gasteiger partial charge in [0.15, 0.2) is 0 Å². The minimum Gasteiger partial charge on any atom is -0.392 e. The smallest absolute Gasteiger partial charge is 0.0634 e. The van der Waals surface area contributed by atoms with Crippen LogP contribution in [0.4, 0.5) is 0 Å². The molecule has 90 valence electrons. The van der Waals surface area contributed by atoms with Crippen molar-refractivity contribution in [2.45, 2.75) is 50.2 Å². The number of aliphatic hydroxyl groups excluding tert-OH is 1. The van der Waals surface area contributed by atoms with Crippen LogP contribution in [-0.2, 0) is 6.42 Å². The third-order valence-corrected chi connectivity index (χ3v) is 3.89. The molecular weight excluding hydrogens is 216 g/mol. The molecule has 0 radical (unpaired) electrons. The molecule has 16 heavy (non-hydrogen) atoms. The molecule has 0 fully saturated rings. The number of hydrogen-bond donors (Lipinski definition) is 1. The largest absolute Gasteiger partial charge is 0.392 e. The van der Waals surface area contributed by atoms with Crippen LogP contribution in [0.25, 0.3) is 0 Å². The zero-order valence-corrected chi connectivity index (χ0v) is 11.4. The molecule has 0 saturated carbocycles. The van der Waals surface area contributed by atoms with E-state index < -0.39 is 0 Å². The van der Waals surface area contributed by atoms with Gasteiger partial charge in [0.05, 0.1) is 6.10 Å². The first-order valence-corrected chi connectivity index (χ1v) is 6.66. The van der Waals surface area contributed by atoms with Crippen molar-refractivity contribution in [3.63, 3.8) is 0 Å². The van der Waals surface area contributed by atoms with E-state index in [4.69, 9.17) is 0 Å². The summed E-state index contributed by atoms with van der Waals surface area (Å²) >= 11 is 1.85. The molecule has 0 heterocycles. The van der Waals surface area contributed by atoms with Crippen molar-refractivity contribution in [1.29, 1.82) is 0 Å². The van der Waals surface area contributed by atoms with Crippen LogP contribution in [0.3, 0.4) is 0 Å². The third kappa shape index (κ3) is 5.04. The summed E-state index contributed by atoms with van der Waals surface area (Å²) in [7, 11) is 0. The molecule has 1 nitrogen and oxygen atoms in total. The number of thioether (sulfide) groups is 1. The van der Waals surface area contributed by atoms with E-state index in [0.29, 0.717) is 0 Å². The van der Waals surface area contributed by atoms with Gasteiger partial charge in [0.25, 0.3) is 0 Å². The van der Waals surface area contributed by atoms with Crippen LogP contribution in [-0.4, -0.2) is 21.2 Å². The fraction of sp³-hybridized carbons (Fsp3) is 0.571. The van der Waals surface area contributed by atoms with Crippen LogP contribution in [0.1, 0.15) is 33.3 Å². The van der Waals surface area contributed by atoms with E-state index in [0.717, 1.165) is 6.42 Å². The average molecular weight is 238 g/mol. The van der Waals surface area contributed by atoms with Crippen molar-refractivity contribution in [3.8, 4) is 0 Å². The second-order valence-electron chi connectivity index (χ2n) is 5.20. The average Bonchev–Trinajstić information content (AvgIpc) is 2.16. The van der Waals surface area contributed by atoms with Crippen molar-refractivity contribution in [2.75, 3.05) is 0 Å². The lowest BCUT2D eigenvalue weighted by molar-refractivity contribution is 0.190. The fourth-order valence-electron chi connectivity index (χ4n) is 1.61. The minimum absolute atomic E-state index is 0.191. The number of rotatable bonds is 4. The van der Waals surface area contributed by atoms with E-state index in [-0.39, 0.29) is 16.1 Å². The van der Waals surface area contributed by atoms with Crippen molar-refractivity contribution in [1.82, 2.24) is 0 Å². The van der Waals surface area contributed by atoms with Crippen LogP contribution in [0.2, 0.25) is 0 Å². The lowest BCUT2D eigenvalue weighted by atomic mass is 10.1. The van der Waals surface area contributed by atoms with Gasteiger partial charge in [-0.25, -0.2) is 0 Å². The van der Waals surface area contributed by atoms with Gasteiger partial charge in [-0.2, -0.15) is 0 Å². The molecule has 1 aromatic rings. The highest BCUT2D eigenvalue weighted by Gasteiger charge is 2.23. The van der Waals surface area contributed by atoms with Gasteiger partial charge >= 0.3 is 0 Å². The Labute approximate surface area is 103 Å². The van der Waals surface area contributed by atoms with Gasteiger partial charge in [0.1, 0.15) is 0 Å². The Morgan fingerprint density at radius 1 is 1.19 bits per heavy atom. The molecule has 1 aromatic carbocycles. The van der Waals surface area contributed by atoms with Crippen LogP contribution >= 0.6 is 11.8 Å². The molecule has 0 bridgehead atoms. The summed E-state index contributed by atoms with van der Waals surface area (Å²) in [6.45, 7) is 8.46. The number of aliphatic hydroxyl groups is 1. The van der Waals surface area contributed by atoms with Gasteiger partial charge in [-0.3, -0.25) is 0 Å². The van der Waals surface area contributed by atoms with E-state index >= 15 is 0 Å². The standard InChI is InChI=1S/C14H22OS/c1-11(15)13(16-14(2,3)4)10-12-8-6-5-7-9-12/h5-9,11,13,15H,10H2,1-4H3/t11-,13-/m0/s1. The molecule has 0 aliphatic heterocycles. The third-order valence-electron chi connectivity index (χ3n) is 2.32. The SMILES string of the molecule is C[C@H](O)[C@H](Cc1ccccc1)SC(C)(C)C. The molecule has 0 aliphatic carbocycles. The highest BCUT2D eigenvalue weighted by Crippen LogP contribution is 2.31. The fourth-order valence-corrected chi connectivity index (χ4v) is 2.99. The molecule has 1 N–H and O–H groups in total. The molecular formula is C14H22OS. The van der Waals surface area contributed by atoms with Crippen LogP contribution in [0.15, 0.2) is 30.3 Å². The van der Waals surface area contributed by atoms with Crippen LogP contribution in [0.5, 0.6) is 0 Å². The predicted molar refractivity (Wildman–Crippen MR) is 73.0 cm³/mol. The van der Waals surface area contributed by atoms with Gasteiger partial charge in [0.2, 0.25) is 0 Å². The quantitative estimate of drug-likeness (QED) is 0.866. The first-order valence-electron chi connectivity index (χ1n) is 5.78. The lowest BCUT2D eigenvalue weighted by Gasteiger charge is -2.27. The molecule has 0 aliphatic rings. The van der Waals surface area contributed by atoms with Crippen molar-refractivity contribution in [2.24, 2.45) is 0 Å². The van der Waals surface area contributed by atoms with E-state index in [1.807, 2.05) is 24.8 Å². The summed E-state index contributed by atoms with van der Waals surface area (Å²) in [5, 5.41) is 10.1. The van der Waals surface area contributed by atoms with Gasteiger partial charge in [0, 0.05) is 10.00 Å². The molecule has 0 saturated heterocycles. The first-order chi connectivity index (χ1) is 7.38. The van der Waals surface area contributed by atoms with Gasteiger partial charge in [-0.15, -0.1) is 11.8 Å². The van der Waals surface area contributed by atoms with E-state index in [1.54, 1.807) is 0 Å². The zero-order valence-electron chi connectivity index (χ0n) is 10.6. The number of hydrogen-bond acceptors (Lipinski definition) is 2. The van der Waals surface area contributed by atoms with E-state index in [2.05, 4.69) is 45.0 Å². The van der Waals surface area contributed by atoms with Crippen molar-refractivity contribution in [3.05, 3.63) is 35.9 Å². The minimum atomic E-state index is -0.274. The first kappa shape index (κ1) is 13.6. The molecule has 2 atom stereocenters. The maximum atomic E-state index is 9.82. The molecule has 0 spiro atoms. The maximum absolute atomic E-state index is 9.82. The van der Waals surface area contributed by atoms with Gasteiger partial charge in [-0.05, 0) is 18.9 Å². The Balaban J connectivity index is 2.66. The van der Waals surface area contributed by atoms with Crippen LogP contribution < -0.4 is 0 Å². The number of benzene rings is 1. The van der Waals surface area contributed by atoms with Crippen molar-refractivity contribution < 1.29 is 5.11 Å². The molecule has 0 unspecified atom stereocenters. The second-order valence-corrected chi connectivity index (χ2v) is 7.26. The summed E-state index contributed by atoms with van der Waals surface area (Å²) in [5.41, 5.74) is 1.30. The predicted octanol–water partition coefficient (Wildman–Crippen LogP) is 3.51. The Morgan fingerprint density at radius 2 is 1.75 bits per heavy atom. The normalized spacial score (nSPS) is 15.8. The van der Waals surface area contributed by atoms with Crippen molar-refractivity contribution >= 4 is 11.8 Å². The maximum Gasteiger partial charge on any atom is 0.0634 e. The Kier molecular flexibility index (Phi) is 4.88. The Bertz CT molecular complexity index is 300. The topological polar surface area (TPSA) is 20.2 Å². The molecule has 2 heteroatoms. The monoisotopic (exact) mass is 238 g/mol. The summed E-state index contributed by atoms with van der Waals surface area (Å²) < 4.78 is 0.191. The van der Waals surface area contributed by atoms with Gasteiger partial charge < -0.3 is 5.11 Å². The summed E-state index contributed by atoms with van der Waals surface area (Å²) in [6.07, 6.45) is 0.657. The second kappa shape index (κ2) is 5.74. The van der Waals surface area contributed by atoms with E-state index in [1.165, 1.54) is 5.56 Å². The summed E-state index contributed by atoms with van der Waals surface area (Å²) in [6, 6.07) is 10.4. The highest BCUT2D eigenvalue weighted by molar-refractivity contribution is 8.01. The zero-order chi connectivity index (χ0) is 12.2. The summed E-state index contributed by atoms with van der Waals surface area (Å²) in [5.74, 6) is 0. The Morgan fingerprint density at radius 3 is 2.19 bits per heavy atom. The highest BCUT2D eigenvalue weighted by atomic mass is 32.2. The summed E-state index contributed by atoms with van der Waals surface area (Å²) in [4.78, 5) is 0. The molecule has 0 amide bonds. The lowest BCUT2D eigenvalue weighted by Crippen LogP contribution is -2.27. The molecule has 0 aromatic heterocycles.